The van der Waals surface area contributed by atoms with Crippen molar-refractivity contribution in [1.29, 1.82) is 0 Å². The number of ether oxygens (including phenoxy) is 1. The summed E-state index contributed by atoms with van der Waals surface area (Å²) in [7, 11) is -4.14. The molecule has 0 aromatic heterocycles. The number of carbonyl (C=O) groups is 2. The number of carbonyl (C=O) groups excluding carboxylic acids is 2. The van der Waals surface area contributed by atoms with Crippen LogP contribution in [0.5, 0.6) is 0 Å². The van der Waals surface area contributed by atoms with Crippen LogP contribution in [0, 0.1) is 5.92 Å². The maximum atomic E-state index is 13.0. The van der Waals surface area contributed by atoms with Crippen molar-refractivity contribution in [3.63, 3.8) is 0 Å². The Hall–Kier alpha value is -2.92. The predicted octanol–water partition coefficient (Wildman–Crippen LogP) is 3.70. The largest absolute Gasteiger partial charge is 0.455 e. The minimum Gasteiger partial charge on any atom is -0.455 e. The first-order valence-corrected chi connectivity index (χ1v) is 12.2. The second-order valence-electron chi connectivity index (χ2n) is 7.79. The number of esters is 1. The minimum atomic E-state index is -4.66. The summed E-state index contributed by atoms with van der Waals surface area (Å²) in [6, 6.07) is 12.5. The normalized spacial score (nSPS) is 15.6. The average Bonchev–Trinajstić information content (AvgIpc) is 2.83. The summed E-state index contributed by atoms with van der Waals surface area (Å²) in [6.07, 6.45) is -4.38. The summed E-state index contributed by atoms with van der Waals surface area (Å²) in [5, 5.41) is 0. The second-order valence-corrected chi connectivity index (χ2v) is 9.72. The molecule has 7 nitrogen and oxygen atoms in total. The van der Waals surface area contributed by atoms with Crippen molar-refractivity contribution in [1.82, 2.24) is 4.31 Å². The molecular weight excluding hydrogens is 473 g/mol. The van der Waals surface area contributed by atoms with Crippen LogP contribution < -0.4 is 4.90 Å². The molecule has 2 aromatic carbocycles. The molecule has 0 atom stereocenters. The topological polar surface area (TPSA) is 84.0 Å². The lowest BCUT2D eigenvalue weighted by Crippen LogP contribution is -2.41. The van der Waals surface area contributed by atoms with Gasteiger partial charge in [0.25, 0.3) is 5.91 Å². The second kappa shape index (κ2) is 10.6. The quantitative estimate of drug-likeness (QED) is 0.544. The zero-order chi connectivity index (χ0) is 24.9. The van der Waals surface area contributed by atoms with E-state index in [9.17, 15) is 31.2 Å². The summed E-state index contributed by atoms with van der Waals surface area (Å²) in [6.45, 7) is 1.67. The van der Waals surface area contributed by atoms with Crippen molar-refractivity contribution in [2.24, 2.45) is 5.92 Å². The van der Waals surface area contributed by atoms with Crippen molar-refractivity contribution in [2.45, 2.75) is 30.8 Å². The SMILES string of the molecule is CCN(C(=O)COC(=O)C1CCN(S(=O)(=O)c2cccc(C(F)(F)F)c2)CC1)c1ccccc1. The van der Waals surface area contributed by atoms with E-state index in [1.54, 1.807) is 31.2 Å². The Morgan fingerprint density at radius 3 is 2.29 bits per heavy atom. The zero-order valence-corrected chi connectivity index (χ0v) is 19.3. The van der Waals surface area contributed by atoms with Gasteiger partial charge in [0.15, 0.2) is 6.61 Å². The van der Waals surface area contributed by atoms with Gasteiger partial charge in [0, 0.05) is 25.3 Å². The third-order valence-electron chi connectivity index (χ3n) is 5.61. The molecule has 0 bridgehead atoms. The molecule has 0 N–H and O–H groups in total. The van der Waals surface area contributed by atoms with Gasteiger partial charge in [-0.3, -0.25) is 9.59 Å². The number of alkyl halides is 3. The predicted molar refractivity (Wildman–Crippen MR) is 118 cm³/mol. The van der Waals surface area contributed by atoms with Crippen LogP contribution in [-0.2, 0) is 30.5 Å². The molecule has 0 unspecified atom stereocenters. The van der Waals surface area contributed by atoms with Crippen LogP contribution in [0.1, 0.15) is 25.3 Å². The number of nitrogens with zero attached hydrogens (tertiary/aromatic N) is 2. The number of halogens is 3. The molecule has 0 aliphatic carbocycles. The molecule has 184 valence electrons. The number of hydrogen-bond acceptors (Lipinski definition) is 5. The van der Waals surface area contributed by atoms with Gasteiger partial charge in [0.05, 0.1) is 16.4 Å². The van der Waals surface area contributed by atoms with Gasteiger partial charge in [-0.05, 0) is 50.1 Å². The van der Waals surface area contributed by atoms with Crippen LogP contribution in [0.25, 0.3) is 0 Å². The first-order chi connectivity index (χ1) is 16.0. The third-order valence-corrected chi connectivity index (χ3v) is 7.50. The molecule has 1 aliphatic rings. The Morgan fingerprint density at radius 1 is 1.06 bits per heavy atom. The molecule has 1 saturated heterocycles. The van der Waals surface area contributed by atoms with Gasteiger partial charge in [-0.1, -0.05) is 24.3 Å². The van der Waals surface area contributed by atoms with Crippen LogP contribution in [0.15, 0.2) is 59.5 Å². The molecule has 0 saturated carbocycles. The van der Waals surface area contributed by atoms with Crippen molar-refractivity contribution in [3.05, 3.63) is 60.2 Å². The van der Waals surface area contributed by atoms with E-state index in [-0.39, 0.29) is 31.8 Å². The monoisotopic (exact) mass is 498 g/mol. The summed E-state index contributed by atoms with van der Waals surface area (Å²) in [4.78, 5) is 26.0. The Balaban J connectivity index is 1.56. The zero-order valence-electron chi connectivity index (χ0n) is 18.5. The molecule has 1 heterocycles. The Labute approximate surface area is 196 Å². The van der Waals surface area contributed by atoms with Gasteiger partial charge in [-0.15, -0.1) is 0 Å². The average molecular weight is 499 g/mol. The highest BCUT2D eigenvalue weighted by Crippen LogP contribution is 2.32. The number of piperidine rings is 1. The van der Waals surface area contributed by atoms with E-state index in [0.717, 1.165) is 22.5 Å². The van der Waals surface area contributed by atoms with Gasteiger partial charge < -0.3 is 9.64 Å². The number of sulfonamides is 1. The number of likely N-dealkylation sites (N-methyl/N-ethyl adjacent to an activating group) is 1. The van der Waals surface area contributed by atoms with Crippen LogP contribution in [0.2, 0.25) is 0 Å². The molecule has 11 heteroatoms. The van der Waals surface area contributed by atoms with Gasteiger partial charge in [-0.2, -0.15) is 17.5 Å². The Bertz CT molecular complexity index is 1110. The third kappa shape index (κ3) is 5.95. The number of benzene rings is 2. The molecule has 1 aliphatic heterocycles. The summed E-state index contributed by atoms with van der Waals surface area (Å²) >= 11 is 0. The molecule has 34 heavy (non-hydrogen) atoms. The van der Waals surface area contributed by atoms with E-state index < -0.39 is 45.2 Å². The minimum absolute atomic E-state index is 0.0443. The van der Waals surface area contributed by atoms with Crippen molar-refractivity contribution < 1.29 is 35.9 Å². The lowest BCUT2D eigenvalue weighted by molar-refractivity contribution is -0.153. The Kier molecular flexibility index (Phi) is 7.98. The van der Waals surface area contributed by atoms with Gasteiger partial charge in [0.2, 0.25) is 10.0 Å². The fraction of sp³-hybridized carbons (Fsp3) is 0.391. The highest BCUT2D eigenvalue weighted by molar-refractivity contribution is 7.89. The van der Waals surface area contributed by atoms with Crippen LogP contribution in [0.4, 0.5) is 18.9 Å². The van der Waals surface area contributed by atoms with Gasteiger partial charge in [-0.25, -0.2) is 8.42 Å². The molecular formula is C23H25F3N2O5S. The van der Waals surface area contributed by atoms with E-state index in [1.807, 2.05) is 6.07 Å². The summed E-state index contributed by atoms with van der Waals surface area (Å²) < 4.78 is 70.7. The number of rotatable bonds is 7. The number of anilines is 1. The summed E-state index contributed by atoms with van der Waals surface area (Å²) in [5.74, 6) is -1.59. The van der Waals surface area contributed by atoms with Crippen LogP contribution >= 0.6 is 0 Å². The highest BCUT2D eigenvalue weighted by atomic mass is 32.2. The fourth-order valence-corrected chi connectivity index (χ4v) is 5.27. The van der Waals surface area contributed by atoms with E-state index >= 15 is 0 Å². The first kappa shape index (κ1) is 25.7. The highest BCUT2D eigenvalue weighted by Gasteiger charge is 2.35. The molecule has 0 radical (unpaired) electrons. The van der Waals surface area contributed by atoms with E-state index in [0.29, 0.717) is 18.3 Å². The lowest BCUT2D eigenvalue weighted by atomic mass is 9.98. The molecule has 3 rings (SSSR count). The van der Waals surface area contributed by atoms with Crippen LogP contribution in [-0.4, -0.2) is 50.8 Å². The van der Waals surface area contributed by atoms with Gasteiger partial charge >= 0.3 is 12.1 Å². The maximum absolute atomic E-state index is 13.0. The van der Waals surface area contributed by atoms with E-state index in [4.69, 9.17) is 4.74 Å². The summed E-state index contributed by atoms with van der Waals surface area (Å²) in [5.41, 5.74) is -0.368. The molecule has 1 fully saturated rings. The van der Waals surface area contributed by atoms with Crippen molar-refractivity contribution in [2.75, 3.05) is 31.1 Å². The van der Waals surface area contributed by atoms with Gasteiger partial charge in [0.1, 0.15) is 0 Å². The molecule has 0 spiro atoms. The molecule has 1 amide bonds. The standard InChI is InChI=1S/C23H25F3N2O5S/c1-2-28(19-8-4-3-5-9-19)21(29)16-33-22(30)17-11-13-27(14-12-17)34(31,32)20-10-6-7-18(15-20)23(24,25)26/h3-10,15,17H,2,11-14,16H2,1H3. The van der Waals surface area contributed by atoms with Crippen molar-refractivity contribution in [3.8, 4) is 0 Å². The molecule has 2 aromatic rings. The lowest BCUT2D eigenvalue weighted by Gasteiger charge is -2.30. The fourth-order valence-electron chi connectivity index (χ4n) is 3.75. The van der Waals surface area contributed by atoms with Crippen molar-refractivity contribution >= 4 is 27.6 Å². The maximum Gasteiger partial charge on any atom is 0.416 e. The number of amides is 1. The Morgan fingerprint density at radius 2 is 1.71 bits per heavy atom. The smallest absolute Gasteiger partial charge is 0.416 e. The van der Waals surface area contributed by atoms with Crippen LogP contribution in [0.3, 0.4) is 0 Å². The van der Waals surface area contributed by atoms with E-state index in [2.05, 4.69) is 0 Å². The van der Waals surface area contributed by atoms with E-state index in [1.165, 1.54) is 4.90 Å². The number of hydrogen-bond donors (Lipinski definition) is 0. The number of para-hydroxylation sites is 1. The first-order valence-electron chi connectivity index (χ1n) is 10.7.